The summed E-state index contributed by atoms with van der Waals surface area (Å²) in [5, 5.41) is 1.88. The Bertz CT molecular complexity index is 769. The van der Waals surface area contributed by atoms with Gasteiger partial charge in [-0.25, -0.2) is 4.98 Å². The first-order chi connectivity index (χ1) is 9.18. The zero-order chi connectivity index (χ0) is 13.4. The molecule has 4 nitrogen and oxygen atoms in total. The molecule has 0 aliphatic carbocycles. The van der Waals surface area contributed by atoms with E-state index >= 15 is 0 Å². The van der Waals surface area contributed by atoms with E-state index in [9.17, 15) is 4.79 Å². The van der Waals surface area contributed by atoms with Gasteiger partial charge in [0.1, 0.15) is 17.2 Å². The maximum absolute atomic E-state index is 12.6. The van der Waals surface area contributed by atoms with Crippen LogP contribution < -0.4 is 0 Å². The van der Waals surface area contributed by atoms with Crippen LogP contribution in [0, 0.1) is 6.92 Å². The highest BCUT2D eigenvalue weighted by atomic mass is 16.1. The highest BCUT2D eigenvalue weighted by Crippen LogP contribution is 2.19. The molecule has 0 radical (unpaired) electrons. The highest BCUT2D eigenvalue weighted by molar-refractivity contribution is 6.14. The van der Waals surface area contributed by atoms with Crippen molar-refractivity contribution in [1.82, 2.24) is 14.5 Å². The Kier molecular flexibility index (Phi) is 2.63. The molecule has 0 bridgehead atoms. The molecule has 0 fully saturated rings. The molecule has 3 rings (SSSR count). The van der Waals surface area contributed by atoms with Gasteiger partial charge in [-0.2, -0.15) is 0 Å². The Morgan fingerprint density at radius 1 is 1.16 bits per heavy atom. The number of carbonyl (C=O) groups is 1. The fourth-order valence-electron chi connectivity index (χ4n) is 2.13. The number of imidazole rings is 1. The molecule has 0 aliphatic heterocycles. The van der Waals surface area contributed by atoms with Crippen LogP contribution in [0.25, 0.3) is 10.8 Å². The zero-order valence-electron chi connectivity index (χ0n) is 10.8. The number of aryl methyl sites for hydroxylation is 1. The second kappa shape index (κ2) is 4.31. The summed E-state index contributed by atoms with van der Waals surface area (Å²) in [4.78, 5) is 21.0. The molecule has 19 heavy (non-hydrogen) atoms. The van der Waals surface area contributed by atoms with Crippen molar-refractivity contribution in [3.63, 3.8) is 0 Å². The van der Waals surface area contributed by atoms with Gasteiger partial charge in [-0.1, -0.05) is 24.3 Å². The van der Waals surface area contributed by atoms with E-state index in [0.29, 0.717) is 11.4 Å². The highest BCUT2D eigenvalue weighted by Gasteiger charge is 2.17. The third-order valence-corrected chi connectivity index (χ3v) is 3.34. The molecule has 0 aliphatic rings. The summed E-state index contributed by atoms with van der Waals surface area (Å²) in [6.07, 6.45) is 3.26. The van der Waals surface area contributed by atoms with Crippen LogP contribution in [0.3, 0.4) is 0 Å². The lowest BCUT2D eigenvalue weighted by Crippen LogP contribution is -2.10. The first-order valence-corrected chi connectivity index (χ1v) is 6.05. The predicted octanol–water partition coefficient (Wildman–Crippen LogP) is 2.51. The lowest BCUT2D eigenvalue weighted by molar-refractivity contribution is 0.102. The Hall–Kier alpha value is -2.49. The van der Waals surface area contributed by atoms with E-state index in [0.717, 1.165) is 16.6 Å². The Morgan fingerprint density at radius 3 is 2.68 bits per heavy atom. The molecule has 4 heteroatoms. The molecule has 0 N–H and O–H groups in total. The third-order valence-electron chi connectivity index (χ3n) is 3.34. The molecular formula is C15H13N3O. The quantitative estimate of drug-likeness (QED) is 0.657. The van der Waals surface area contributed by atoms with Crippen LogP contribution in [0.1, 0.15) is 22.0 Å². The van der Waals surface area contributed by atoms with Gasteiger partial charge in [0.15, 0.2) is 0 Å². The topological polar surface area (TPSA) is 47.8 Å². The molecule has 0 spiro atoms. The van der Waals surface area contributed by atoms with Gasteiger partial charge in [-0.3, -0.25) is 9.78 Å². The molecule has 2 aromatic heterocycles. The van der Waals surface area contributed by atoms with Crippen molar-refractivity contribution in [3.8, 4) is 0 Å². The molecule has 94 valence electrons. The molecule has 1 aromatic carbocycles. The van der Waals surface area contributed by atoms with E-state index in [1.165, 1.54) is 0 Å². The van der Waals surface area contributed by atoms with Crippen LogP contribution in [0.5, 0.6) is 0 Å². The zero-order valence-corrected chi connectivity index (χ0v) is 10.8. The van der Waals surface area contributed by atoms with Gasteiger partial charge in [0.25, 0.3) is 0 Å². The second-order valence-corrected chi connectivity index (χ2v) is 4.46. The third kappa shape index (κ3) is 1.81. The number of carbonyl (C=O) groups excluding carboxylic acids is 1. The van der Waals surface area contributed by atoms with Gasteiger partial charge in [-0.05, 0) is 18.4 Å². The van der Waals surface area contributed by atoms with Gasteiger partial charge in [-0.15, -0.1) is 0 Å². The molecule has 0 unspecified atom stereocenters. The average molecular weight is 251 g/mol. The molecule has 0 atom stereocenters. The summed E-state index contributed by atoms with van der Waals surface area (Å²) < 4.78 is 1.78. The van der Waals surface area contributed by atoms with E-state index in [1.807, 2.05) is 44.3 Å². The summed E-state index contributed by atoms with van der Waals surface area (Å²) in [5.41, 5.74) is 1.03. The number of hydrogen-bond donors (Lipinski definition) is 0. The summed E-state index contributed by atoms with van der Waals surface area (Å²) in [7, 11) is 1.83. The Balaban J connectivity index is 2.20. The first-order valence-electron chi connectivity index (χ1n) is 6.05. The van der Waals surface area contributed by atoms with Crippen LogP contribution in [0.15, 0.2) is 42.7 Å². The maximum Gasteiger partial charge on any atom is 0.229 e. The first kappa shape index (κ1) is 11.6. The maximum atomic E-state index is 12.6. The van der Waals surface area contributed by atoms with Gasteiger partial charge in [0.2, 0.25) is 5.78 Å². The number of ketones is 1. The molecule has 0 amide bonds. The normalized spacial score (nSPS) is 10.8. The minimum atomic E-state index is -0.0973. The van der Waals surface area contributed by atoms with Crippen molar-refractivity contribution in [2.75, 3.05) is 0 Å². The van der Waals surface area contributed by atoms with E-state index in [-0.39, 0.29) is 5.78 Å². The van der Waals surface area contributed by atoms with Crippen molar-refractivity contribution >= 4 is 16.6 Å². The lowest BCUT2D eigenvalue weighted by Gasteiger charge is -2.05. The van der Waals surface area contributed by atoms with Crippen LogP contribution >= 0.6 is 0 Å². The fourth-order valence-corrected chi connectivity index (χ4v) is 2.13. The minimum absolute atomic E-state index is 0.0973. The summed E-state index contributed by atoms with van der Waals surface area (Å²) in [5.74, 6) is 0.712. The number of rotatable bonds is 2. The molecule has 3 aromatic rings. The number of nitrogens with zero attached hydrogens (tertiary/aromatic N) is 3. The number of pyridine rings is 1. The summed E-state index contributed by atoms with van der Waals surface area (Å²) >= 11 is 0. The van der Waals surface area contributed by atoms with Gasteiger partial charge >= 0.3 is 0 Å². The number of hydrogen-bond acceptors (Lipinski definition) is 3. The number of benzene rings is 1. The van der Waals surface area contributed by atoms with E-state index in [2.05, 4.69) is 9.97 Å². The smallest absolute Gasteiger partial charge is 0.229 e. The van der Waals surface area contributed by atoms with Crippen LogP contribution in [0.2, 0.25) is 0 Å². The molecular weight excluding hydrogens is 238 g/mol. The average Bonchev–Trinajstić information content (AvgIpc) is 2.78. The van der Waals surface area contributed by atoms with Crippen molar-refractivity contribution in [3.05, 3.63) is 59.9 Å². The standard InChI is InChI=1S/C15H13N3O/c1-10-17-9-13(18(10)2)15(19)14-12-6-4-3-5-11(12)7-8-16-14/h3-9H,1-2H3. The van der Waals surface area contributed by atoms with Gasteiger partial charge in [0, 0.05) is 18.6 Å². The van der Waals surface area contributed by atoms with E-state index in [1.54, 1.807) is 17.0 Å². The van der Waals surface area contributed by atoms with Crippen molar-refractivity contribution in [2.24, 2.45) is 7.05 Å². The number of aromatic nitrogens is 3. The largest absolute Gasteiger partial charge is 0.329 e. The van der Waals surface area contributed by atoms with Crippen LogP contribution in [-0.4, -0.2) is 20.3 Å². The fraction of sp³-hybridized carbons (Fsp3) is 0.133. The molecule has 0 saturated heterocycles. The van der Waals surface area contributed by atoms with Crippen LogP contribution in [-0.2, 0) is 7.05 Å². The Labute approximate surface area is 110 Å². The van der Waals surface area contributed by atoms with Gasteiger partial charge in [0.05, 0.1) is 6.20 Å². The predicted molar refractivity (Wildman–Crippen MR) is 73.1 cm³/mol. The van der Waals surface area contributed by atoms with Gasteiger partial charge < -0.3 is 4.57 Å². The second-order valence-electron chi connectivity index (χ2n) is 4.46. The summed E-state index contributed by atoms with van der Waals surface area (Å²) in [6, 6.07) is 9.65. The minimum Gasteiger partial charge on any atom is -0.329 e. The number of fused-ring (bicyclic) bond motifs is 1. The van der Waals surface area contributed by atoms with Crippen molar-refractivity contribution < 1.29 is 4.79 Å². The molecule has 2 heterocycles. The Morgan fingerprint density at radius 2 is 1.95 bits per heavy atom. The van der Waals surface area contributed by atoms with E-state index in [4.69, 9.17) is 0 Å². The SMILES string of the molecule is Cc1ncc(C(=O)c2nccc3ccccc23)n1C. The molecule has 0 saturated carbocycles. The van der Waals surface area contributed by atoms with Crippen molar-refractivity contribution in [1.29, 1.82) is 0 Å². The monoisotopic (exact) mass is 251 g/mol. The van der Waals surface area contributed by atoms with Crippen LogP contribution in [0.4, 0.5) is 0 Å². The lowest BCUT2D eigenvalue weighted by atomic mass is 10.1. The van der Waals surface area contributed by atoms with Crippen molar-refractivity contribution in [2.45, 2.75) is 6.92 Å². The van der Waals surface area contributed by atoms with E-state index < -0.39 is 0 Å². The summed E-state index contributed by atoms with van der Waals surface area (Å²) in [6.45, 7) is 1.87.